The molecule has 3 rings (SSSR count). The standard InChI is InChI=1S/C23H32O6/c1-5-6-7-8-9-15(24)21(28)29-20-16-13(12-22(20,2)3)10-11-14-17(25)18(26)19(27)23(14,16)4/h10-11,13,15-16,20,24-25H,5-9,12H2,1-4H3/t13-,15?,16-,20+,23+/m0/s1. The molecule has 0 amide bonds. The van der Waals surface area contributed by atoms with Crippen LogP contribution in [0.4, 0.5) is 0 Å². The highest BCUT2D eigenvalue weighted by Crippen LogP contribution is 2.61. The topological polar surface area (TPSA) is 101 Å². The van der Waals surface area contributed by atoms with Gasteiger partial charge in [-0.15, -0.1) is 0 Å². The van der Waals surface area contributed by atoms with Crippen LogP contribution in [0.5, 0.6) is 0 Å². The van der Waals surface area contributed by atoms with Gasteiger partial charge in [0.25, 0.3) is 5.78 Å². The molecular weight excluding hydrogens is 372 g/mol. The summed E-state index contributed by atoms with van der Waals surface area (Å²) in [5, 5.41) is 20.5. The number of ether oxygens (including phenoxy) is 1. The summed E-state index contributed by atoms with van der Waals surface area (Å²) >= 11 is 0. The molecule has 2 N–H and O–H groups in total. The predicted octanol–water partition coefficient (Wildman–Crippen LogP) is 3.43. The Bertz CT molecular complexity index is 776. The van der Waals surface area contributed by atoms with Crippen molar-refractivity contribution in [1.82, 2.24) is 0 Å². The Kier molecular flexibility index (Phi) is 5.78. The van der Waals surface area contributed by atoms with Crippen molar-refractivity contribution in [3.63, 3.8) is 0 Å². The summed E-state index contributed by atoms with van der Waals surface area (Å²) in [6.45, 7) is 7.70. The second-order valence-corrected chi connectivity index (χ2v) is 9.59. The number of aliphatic hydroxyl groups excluding tert-OH is 2. The average molecular weight is 405 g/mol. The highest BCUT2D eigenvalue weighted by Gasteiger charge is 2.65. The molecule has 0 bridgehead atoms. The molecule has 0 aliphatic heterocycles. The zero-order valence-electron chi connectivity index (χ0n) is 17.7. The van der Waals surface area contributed by atoms with Crippen molar-refractivity contribution in [2.45, 2.75) is 78.4 Å². The highest BCUT2D eigenvalue weighted by atomic mass is 16.6. The van der Waals surface area contributed by atoms with Crippen molar-refractivity contribution in [3.05, 3.63) is 23.5 Å². The van der Waals surface area contributed by atoms with Crippen LogP contribution in [0.2, 0.25) is 0 Å². The minimum Gasteiger partial charge on any atom is -0.504 e. The van der Waals surface area contributed by atoms with Gasteiger partial charge in [-0.2, -0.15) is 0 Å². The minimum atomic E-state index is -1.22. The van der Waals surface area contributed by atoms with Gasteiger partial charge in [0.05, 0.1) is 5.41 Å². The lowest BCUT2D eigenvalue weighted by atomic mass is 9.63. The first kappa shape index (κ1) is 21.8. The van der Waals surface area contributed by atoms with Crippen molar-refractivity contribution < 1.29 is 29.3 Å². The zero-order valence-corrected chi connectivity index (χ0v) is 17.7. The quantitative estimate of drug-likeness (QED) is 0.383. The van der Waals surface area contributed by atoms with Crippen LogP contribution in [0.3, 0.4) is 0 Å². The van der Waals surface area contributed by atoms with Gasteiger partial charge in [0.15, 0.2) is 11.9 Å². The molecule has 1 saturated carbocycles. The SMILES string of the molecule is CCCCCCC(O)C(=O)O[C@@H]1[C@@H]2[C@@H](C=CC3=C(O)C(=O)C(=O)[C@]32C)CC1(C)C. The maximum absolute atomic E-state index is 12.8. The molecule has 0 radical (unpaired) electrons. The number of allylic oxidation sites excluding steroid dienone is 4. The number of rotatable bonds is 7. The Morgan fingerprint density at radius 1 is 1.24 bits per heavy atom. The first-order valence-corrected chi connectivity index (χ1v) is 10.6. The number of ketones is 2. The maximum atomic E-state index is 12.8. The molecule has 0 aromatic heterocycles. The Balaban J connectivity index is 1.83. The zero-order chi connectivity index (χ0) is 21.6. The van der Waals surface area contributed by atoms with E-state index in [-0.39, 0.29) is 5.92 Å². The number of fused-ring (bicyclic) bond motifs is 3. The average Bonchev–Trinajstić information content (AvgIpc) is 3.02. The Labute approximate surface area is 172 Å². The van der Waals surface area contributed by atoms with E-state index in [1.807, 2.05) is 19.9 Å². The van der Waals surface area contributed by atoms with E-state index < -0.39 is 52.3 Å². The monoisotopic (exact) mass is 404 g/mol. The summed E-state index contributed by atoms with van der Waals surface area (Å²) < 4.78 is 5.82. The van der Waals surface area contributed by atoms with Gasteiger partial charge in [0.1, 0.15) is 6.10 Å². The summed E-state index contributed by atoms with van der Waals surface area (Å²) in [7, 11) is 0. The molecule has 6 heteroatoms. The molecule has 3 aliphatic carbocycles. The molecule has 3 aliphatic rings. The van der Waals surface area contributed by atoms with Crippen LogP contribution in [-0.4, -0.2) is 40.0 Å². The Hall–Kier alpha value is -1.95. The normalized spacial score (nSPS) is 33.6. The van der Waals surface area contributed by atoms with Crippen molar-refractivity contribution in [3.8, 4) is 0 Å². The van der Waals surface area contributed by atoms with E-state index in [4.69, 9.17) is 4.74 Å². The number of unbranched alkanes of at least 4 members (excludes halogenated alkanes) is 3. The number of hydrogen-bond donors (Lipinski definition) is 2. The van der Waals surface area contributed by atoms with Crippen molar-refractivity contribution in [2.75, 3.05) is 0 Å². The second-order valence-electron chi connectivity index (χ2n) is 9.59. The van der Waals surface area contributed by atoms with E-state index in [1.165, 1.54) is 0 Å². The third-order valence-corrected chi connectivity index (χ3v) is 7.05. The van der Waals surface area contributed by atoms with Gasteiger partial charge in [-0.05, 0) is 25.7 Å². The van der Waals surface area contributed by atoms with E-state index in [2.05, 4.69) is 6.92 Å². The summed E-state index contributed by atoms with van der Waals surface area (Å²) in [4.78, 5) is 37.6. The number of esters is 1. The van der Waals surface area contributed by atoms with E-state index in [0.717, 1.165) is 25.7 Å². The maximum Gasteiger partial charge on any atom is 0.335 e. The van der Waals surface area contributed by atoms with E-state index in [1.54, 1.807) is 13.0 Å². The van der Waals surface area contributed by atoms with Gasteiger partial charge in [-0.25, -0.2) is 4.79 Å². The van der Waals surface area contributed by atoms with Crippen LogP contribution < -0.4 is 0 Å². The number of aliphatic hydroxyl groups is 2. The molecule has 29 heavy (non-hydrogen) atoms. The summed E-state index contributed by atoms with van der Waals surface area (Å²) in [5.41, 5.74) is -1.34. The van der Waals surface area contributed by atoms with Gasteiger partial charge >= 0.3 is 5.97 Å². The molecule has 0 saturated heterocycles. The molecule has 0 aromatic carbocycles. The number of carbonyl (C=O) groups excluding carboxylic acids is 3. The number of hydrogen-bond acceptors (Lipinski definition) is 6. The van der Waals surface area contributed by atoms with Crippen LogP contribution in [0, 0.1) is 22.7 Å². The predicted molar refractivity (Wildman–Crippen MR) is 107 cm³/mol. The largest absolute Gasteiger partial charge is 0.504 e. The summed E-state index contributed by atoms with van der Waals surface area (Å²) in [6.07, 6.45) is 6.59. The molecule has 0 aromatic rings. The van der Waals surface area contributed by atoms with Gasteiger partial charge in [0.2, 0.25) is 5.78 Å². The molecule has 160 valence electrons. The van der Waals surface area contributed by atoms with Crippen LogP contribution in [0.1, 0.15) is 66.2 Å². The summed E-state index contributed by atoms with van der Waals surface area (Å²) in [5.74, 6) is -3.21. The molecule has 6 nitrogen and oxygen atoms in total. The molecular formula is C23H32O6. The molecule has 0 heterocycles. The van der Waals surface area contributed by atoms with E-state index in [9.17, 15) is 24.6 Å². The number of carbonyl (C=O) groups is 3. The fourth-order valence-electron chi connectivity index (χ4n) is 5.44. The Morgan fingerprint density at radius 3 is 2.59 bits per heavy atom. The fourth-order valence-corrected chi connectivity index (χ4v) is 5.44. The molecule has 0 spiro atoms. The van der Waals surface area contributed by atoms with Crippen LogP contribution in [-0.2, 0) is 19.1 Å². The third-order valence-electron chi connectivity index (χ3n) is 7.05. The molecule has 1 unspecified atom stereocenters. The van der Waals surface area contributed by atoms with Gasteiger partial charge < -0.3 is 14.9 Å². The first-order chi connectivity index (χ1) is 13.6. The van der Waals surface area contributed by atoms with Crippen LogP contribution >= 0.6 is 0 Å². The Morgan fingerprint density at radius 2 is 1.93 bits per heavy atom. The lowest BCUT2D eigenvalue weighted by Gasteiger charge is -2.41. The first-order valence-electron chi connectivity index (χ1n) is 10.6. The van der Waals surface area contributed by atoms with E-state index in [0.29, 0.717) is 18.4 Å². The van der Waals surface area contributed by atoms with E-state index >= 15 is 0 Å². The van der Waals surface area contributed by atoms with Gasteiger partial charge in [-0.1, -0.05) is 58.6 Å². The third kappa shape index (κ3) is 3.45. The smallest absolute Gasteiger partial charge is 0.335 e. The van der Waals surface area contributed by atoms with Crippen molar-refractivity contribution in [1.29, 1.82) is 0 Å². The molecule has 1 fully saturated rings. The van der Waals surface area contributed by atoms with Gasteiger partial charge in [0, 0.05) is 16.9 Å². The van der Waals surface area contributed by atoms with Crippen LogP contribution in [0.25, 0.3) is 0 Å². The lowest BCUT2D eigenvalue weighted by Crippen LogP contribution is -2.48. The van der Waals surface area contributed by atoms with Crippen LogP contribution in [0.15, 0.2) is 23.5 Å². The highest BCUT2D eigenvalue weighted by molar-refractivity contribution is 6.48. The molecule has 5 atom stereocenters. The fraction of sp³-hybridized carbons (Fsp3) is 0.696. The summed E-state index contributed by atoms with van der Waals surface area (Å²) in [6, 6.07) is 0. The lowest BCUT2D eigenvalue weighted by molar-refractivity contribution is -0.170. The van der Waals surface area contributed by atoms with Crippen molar-refractivity contribution in [2.24, 2.45) is 22.7 Å². The van der Waals surface area contributed by atoms with Crippen molar-refractivity contribution >= 4 is 17.5 Å². The number of Topliss-reactive ketones (excluding diaryl/α,β-unsaturated/α-hetero) is 2. The minimum absolute atomic E-state index is 0.0547. The second kappa shape index (κ2) is 7.71. The van der Waals surface area contributed by atoms with Gasteiger partial charge in [-0.3, -0.25) is 9.59 Å².